The van der Waals surface area contributed by atoms with E-state index in [9.17, 15) is 4.79 Å². The van der Waals surface area contributed by atoms with Gasteiger partial charge in [0.05, 0.1) is 30.8 Å². The molecular weight excluding hydrogens is 416 g/mol. The zero-order valence-corrected chi connectivity index (χ0v) is 18.3. The number of amides is 1. The van der Waals surface area contributed by atoms with Crippen molar-refractivity contribution < 1.29 is 14.3 Å². The second-order valence-electron chi connectivity index (χ2n) is 7.32. The first kappa shape index (κ1) is 21.1. The van der Waals surface area contributed by atoms with Crippen molar-refractivity contribution >= 4 is 23.4 Å². The first-order valence-corrected chi connectivity index (χ1v) is 11.1. The lowest BCUT2D eigenvalue weighted by atomic mass is 10.2. The molecule has 1 aliphatic rings. The number of tetrazole rings is 1. The summed E-state index contributed by atoms with van der Waals surface area (Å²) in [7, 11) is 1.60. The van der Waals surface area contributed by atoms with Gasteiger partial charge in [0.2, 0.25) is 16.9 Å². The van der Waals surface area contributed by atoms with Crippen LogP contribution in [0.1, 0.15) is 37.3 Å². The number of nitrogens with zero attached hydrogens (tertiary/aromatic N) is 5. The molecule has 1 saturated carbocycles. The van der Waals surface area contributed by atoms with Crippen molar-refractivity contribution in [3.8, 4) is 17.4 Å². The molecule has 0 atom stereocenters. The lowest BCUT2D eigenvalue weighted by Gasteiger charge is -2.11. The van der Waals surface area contributed by atoms with E-state index in [1.165, 1.54) is 24.6 Å². The van der Waals surface area contributed by atoms with Gasteiger partial charge in [-0.3, -0.25) is 4.79 Å². The fourth-order valence-electron chi connectivity index (χ4n) is 3.47. The van der Waals surface area contributed by atoms with Crippen LogP contribution >= 0.6 is 11.8 Å². The Labute approximate surface area is 184 Å². The van der Waals surface area contributed by atoms with E-state index in [1.54, 1.807) is 25.4 Å². The van der Waals surface area contributed by atoms with Gasteiger partial charge in [0.1, 0.15) is 0 Å². The molecule has 0 bridgehead atoms. The molecule has 10 heteroatoms. The van der Waals surface area contributed by atoms with E-state index >= 15 is 0 Å². The number of aromatic nitrogens is 5. The zero-order chi connectivity index (χ0) is 21.6. The molecule has 3 aromatic rings. The van der Waals surface area contributed by atoms with Gasteiger partial charge in [-0.2, -0.15) is 0 Å². The number of carbonyl (C=O) groups excluding carboxylic acids is 1. The average molecular weight is 441 g/mol. The van der Waals surface area contributed by atoms with Crippen LogP contribution in [0.2, 0.25) is 0 Å². The number of benzene rings is 1. The largest absolute Gasteiger partial charge is 0.493 e. The van der Waals surface area contributed by atoms with Gasteiger partial charge in [0.15, 0.2) is 11.5 Å². The monoisotopic (exact) mass is 440 g/mol. The predicted molar refractivity (Wildman–Crippen MR) is 117 cm³/mol. The second kappa shape index (κ2) is 9.78. The van der Waals surface area contributed by atoms with Crippen molar-refractivity contribution in [2.45, 2.75) is 43.8 Å². The maximum atomic E-state index is 12.3. The number of hydrogen-bond donors (Lipinski definition) is 1. The summed E-state index contributed by atoms with van der Waals surface area (Å²) >= 11 is 1.33. The van der Waals surface area contributed by atoms with Crippen LogP contribution in [0.3, 0.4) is 0 Å². The van der Waals surface area contributed by atoms with Crippen LogP contribution in [0.25, 0.3) is 0 Å². The molecule has 31 heavy (non-hydrogen) atoms. The normalized spacial score (nSPS) is 13.9. The summed E-state index contributed by atoms with van der Waals surface area (Å²) in [6, 6.07) is 9.45. The summed E-state index contributed by atoms with van der Waals surface area (Å²) in [5.74, 6) is 1.68. The van der Waals surface area contributed by atoms with Gasteiger partial charge < -0.3 is 14.8 Å². The molecule has 4 rings (SSSR count). The van der Waals surface area contributed by atoms with Crippen LogP contribution in [-0.2, 0) is 4.79 Å². The third-order valence-corrected chi connectivity index (χ3v) is 5.95. The molecule has 0 unspecified atom stereocenters. The van der Waals surface area contributed by atoms with Crippen molar-refractivity contribution in [1.29, 1.82) is 0 Å². The van der Waals surface area contributed by atoms with Crippen molar-refractivity contribution in [2.24, 2.45) is 0 Å². The van der Waals surface area contributed by atoms with Gasteiger partial charge in [0, 0.05) is 6.07 Å². The highest BCUT2D eigenvalue weighted by Gasteiger charge is 2.22. The van der Waals surface area contributed by atoms with Crippen LogP contribution in [-0.4, -0.2) is 44.0 Å². The van der Waals surface area contributed by atoms with Crippen molar-refractivity contribution in [1.82, 2.24) is 25.2 Å². The van der Waals surface area contributed by atoms with Crippen LogP contribution in [0, 0.1) is 6.92 Å². The Morgan fingerprint density at radius 2 is 2.06 bits per heavy atom. The number of methoxy groups -OCH3 is 1. The molecule has 162 valence electrons. The van der Waals surface area contributed by atoms with Crippen LogP contribution < -0.4 is 14.8 Å². The van der Waals surface area contributed by atoms with E-state index in [-0.39, 0.29) is 11.7 Å². The number of hydrogen-bond acceptors (Lipinski definition) is 8. The lowest BCUT2D eigenvalue weighted by Crippen LogP contribution is -2.15. The number of thioether (sulfide) groups is 1. The summed E-state index contributed by atoms with van der Waals surface area (Å²) in [6.45, 7) is 1.98. The molecule has 0 spiro atoms. The highest BCUT2D eigenvalue weighted by atomic mass is 32.2. The van der Waals surface area contributed by atoms with Crippen LogP contribution in [0.4, 0.5) is 5.69 Å². The highest BCUT2D eigenvalue weighted by Crippen LogP contribution is 2.32. The van der Waals surface area contributed by atoms with Gasteiger partial charge >= 0.3 is 0 Å². The van der Waals surface area contributed by atoms with E-state index in [0.717, 1.165) is 18.4 Å². The summed E-state index contributed by atoms with van der Waals surface area (Å²) in [5, 5.41) is 15.4. The number of aryl methyl sites for hydroxylation is 1. The van der Waals surface area contributed by atoms with Gasteiger partial charge in [-0.15, -0.1) is 5.10 Å². The molecule has 1 aliphatic carbocycles. The summed E-state index contributed by atoms with van der Waals surface area (Å²) in [5.41, 5.74) is 1.66. The Balaban J connectivity index is 1.31. The smallest absolute Gasteiger partial charge is 0.234 e. The van der Waals surface area contributed by atoms with Gasteiger partial charge in [-0.05, 0) is 54.0 Å². The van der Waals surface area contributed by atoms with Gasteiger partial charge in [-0.1, -0.05) is 30.7 Å². The molecule has 1 aromatic carbocycles. The minimum atomic E-state index is -0.151. The number of ether oxygens (including phenoxy) is 2. The van der Waals surface area contributed by atoms with Crippen molar-refractivity contribution in [3.05, 3.63) is 42.1 Å². The maximum absolute atomic E-state index is 12.3. The van der Waals surface area contributed by atoms with E-state index in [4.69, 9.17) is 9.47 Å². The van der Waals surface area contributed by atoms with Crippen molar-refractivity contribution in [3.63, 3.8) is 0 Å². The van der Waals surface area contributed by atoms with Crippen molar-refractivity contribution in [2.75, 3.05) is 18.2 Å². The minimum absolute atomic E-state index is 0.151. The Morgan fingerprint density at radius 1 is 1.23 bits per heavy atom. The summed E-state index contributed by atoms with van der Waals surface area (Å²) in [4.78, 5) is 16.6. The molecule has 1 amide bonds. The number of anilines is 1. The molecule has 0 aliphatic heterocycles. The fourth-order valence-corrected chi connectivity index (χ4v) is 4.22. The third kappa shape index (κ3) is 5.32. The highest BCUT2D eigenvalue weighted by molar-refractivity contribution is 7.99. The Kier molecular flexibility index (Phi) is 6.66. The van der Waals surface area contributed by atoms with E-state index in [2.05, 4.69) is 25.8 Å². The fraction of sp³-hybridized carbons (Fsp3) is 0.381. The molecule has 1 fully saturated rings. The third-order valence-electron chi connectivity index (χ3n) is 5.02. The molecule has 1 N–H and O–H groups in total. The standard InChI is InChI=1S/C21H24N6O3S/c1-14-7-9-17(18(11-14)29-2)30-20-10-8-15(12-22-20)23-19(28)13-31-21-24-25-26-27(21)16-5-3-4-6-16/h7-12,16H,3-6,13H2,1-2H3,(H,23,28). The molecule has 2 heterocycles. The quantitative estimate of drug-likeness (QED) is 0.524. The summed E-state index contributed by atoms with van der Waals surface area (Å²) < 4.78 is 13.0. The molecule has 2 aromatic heterocycles. The van der Waals surface area contributed by atoms with Gasteiger partial charge in [0.25, 0.3) is 0 Å². The first-order valence-electron chi connectivity index (χ1n) is 10.1. The van der Waals surface area contributed by atoms with E-state index in [0.29, 0.717) is 34.3 Å². The Bertz CT molecular complexity index is 1030. The van der Waals surface area contributed by atoms with E-state index in [1.807, 2.05) is 29.8 Å². The number of pyridine rings is 1. The molecule has 9 nitrogen and oxygen atoms in total. The molecular formula is C21H24N6O3S. The van der Waals surface area contributed by atoms with Crippen LogP contribution in [0.15, 0.2) is 41.7 Å². The lowest BCUT2D eigenvalue weighted by molar-refractivity contribution is -0.113. The van der Waals surface area contributed by atoms with Crippen LogP contribution in [0.5, 0.6) is 17.4 Å². The zero-order valence-electron chi connectivity index (χ0n) is 17.4. The first-order chi connectivity index (χ1) is 15.1. The summed E-state index contributed by atoms with van der Waals surface area (Å²) in [6.07, 6.45) is 6.11. The second-order valence-corrected chi connectivity index (χ2v) is 8.27. The molecule has 0 radical (unpaired) electrons. The minimum Gasteiger partial charge on any atom is -0.493 e. The molecule has 0 saturated heterocycles. The van der Waals surface area contributed by atoms with Gasteiger partial charge in [-0.25, -0.2) is 9.67 Å². The van der Waals surface area contributed by atoms with E-state index < -0.39 is 0 Å². The number of rotatable bonds is 8. The predicted octanol–water partition coefficient (Wildman–Crippen LogP) is 4.02. The number of nitrogens with one attached hydrogen (secondary N) is 1. The maximum Gasteiger partial charge on any atom is 0.234 e. The topological polar surface area (TPSA) is 104 Å². The Morgan fingerprint density at radius 3 is 2.81 bits per heavy atom. The number of carbonyl (C=O) groups is 1. The SMILES string of the molecule is COc1cc(C)ccc1Oc1ccc(NC(=O)CSc2nnnn2C2CCCC2)cn1. The Hall–Kier alpha value is -3.14. The average Bonchev–Trinajstić information content (AvgIpc) is 3.46.